The van der Waals surface area contributed by atoms with Gasteiger partial charge < -0.3 is 10.1 Å². The summed E-state index contributed by atoms with van der Waals surface area (Å²) in [4.78, 5) is 0. The monoisotopic (exact) mass is 279 g/mol. The van der Waals surface area contributed by atoms with Crippen molar-refractivity contribution in [1.82, 2.24) is 5.32 Å². The summed E-state index contributed by atoms with van der Waals surface area (Å²) in [6.45, 7) is 5.01. The fraction of sp³-hybridized carbons (Fsp3) is 0.625. The number of hydrogen-bond acceptors (Lipinski definition) is 3. The Kier molecular flexibility index (Phi) is 5.59. The minimum absolute atomic E-state index is 0.518. The van der Waals surface area contributed by atoms with Gasteiger partial charge >= 0.3 is 0 Å². The second-order valence-corrected chi connectivity index (χ2v) is 6.61. The van der Waals surface area contributed by atoms with E-state index in [0.717, 1.165) is 31.9 Å². The Bertz CT molecular complexity index is 367. The zero-order valence-electron chi connectivity index (χ0n) is 12.1. The molecule has 106 valence electrons. The van der Waals surface area contributed by atoms with Crippen LogP contribution in [0.25, 0.3) is 0 Å². The van der Waals surface area contributed by atoms with Crippen LogP contribution in [0.5, 0.6) is 5.75 Å². The Morgan fingerprint density at radius 2 is 2.00 bits per heavy atom. The van der Waals surface area contributed by atoms with Crippen molar-refractivity contribution in [3.05, 3.63) is 29.8 Å². The maximum Gasteiger partial charge on any atom is 0.119 e. The minimum Gasteiger partial charge on any atom is -0.494 e. The first-order valence-electron chi connectivity index (χ1n) is 7.25. The van der Waals surface area contributed by atoms with Crippen LogP contribution in [0.4, 0.5) is 0 Å². The fourth-order valence-corrected chi connectivity index (χ4v) is 3.33. The highest BCUT2D eigenvalue weighted by atomic mass is 32.2. The van der Waals surface area contributed by atoms with E-state index in [1.54, 1.807) is 0 Å². The second-order valence-electron chi connectivity index (χ2n) is 5.34. The van der Waals surface area contributed by atoms with E-state index >= 15 is 0 Å². The predicted octanol–water partition coefficient (Wildman–Crippen LogP) is 3.85. The quantitative estimate of drug-likeness (QED) is 0.781. The van der Waals surface area contributed by atoms with Crippen molar-refractivity contribution in [2.45, 2.75) is 43.9 Å². The highest BCUT2D eigenvalue weighted by Crippen LogP contribution is 2.42. The van der Waals surface area contributed by atoms with Gasteiger partial charge in [0, 0.05) is 17.8 Å². The van der Waals surface area contributed by atoms with Crippen LogP contribution in [0, 0.1) is 0 Å². The molecule has 0 atom stereocenters. The van der Waals surface area contributed by atoms with Crippen molar-refractivity contribution in [2.75, 3.05) is 19.4 Å². The summed E-state index contributed by atoms with van der Waals surface area (Å²) < 4.78 is 6.11. The van der Waals surface area contributed by atoms with Gasteiger partial charge in [-0.1, -0.05) is 25.5 Å². The number of rotatable bonds is 8. The molecule has 0 radical (unpaired) electrons. The number of nitrogens with one attached hydrogen (secondary N) is 1. The van der Waals surface area contributed by atoms with Gasteiger partial charge in [0.25, 0.3) is 0 Å². The van der Waals surface area contributed by atoms with E-state index in [2.05, 4.69) is 42.8 Å². The van der Waals surface area contributed by atoms with E-state index < -0.39 is 0 Å². The molecule has 2 rings (SSSR count). The summed E-state index contributed by atoms with van der Waals surface area (Å²) in [5.74, 6) is 0.977. The topological polar surface area (TPSA) is 21.3 Å². The van der Waals surface area contributed by atoms with Gasteiger partial charge in [-0.3, -0.25) is 0 Å². The zero-order valence-corrected chi connectivity index (χ0v) is 12.9. The summed E-state index contributed by atoms with van der Waals surface area (Å²) in [6.07, 6.45) is 7.42. The Morgan fingerprint density at radius 3 is 2.53 bits per heavy atom. The molecular formula is C16H25NOS. The van der Waals surface area contributed by atoms with Crippen LogP contribution in [0.3, 0.4) is 0 Å². The third kappa shape index (κ3) is 4.15. The first-order valence-corrected chi connectivity index (χ1v) is 8.48. The van der Waals surface area contributed by atoms with E-state index in [4.69, 9.17) is 4.74 Å². The molecule has 0 unspecified atom stereocenters. The molecule has 0 bridgehead atoms. The number of benzene rings is 1. The molecule has 1 aliphatic rings. The molecular weight excluding hydrogens is 254 g/mol. The highest BCUT2D eigenvalue weighted by Gasteiger charge is 2.35. The van der Waals surface area contributed by atoms with Gasteiger partial charge in [0.2, 0.25) is 0 Å². The van der Waals surface area contributed by atoms with E-state index in [1.807, 2.05) is 11.8 Å². The third-order valence-electron chi connectivity index (χ3n) is 3.87. The van der Waals surface area contributed by atoms with E-state index in [-0.39, 0.29) is 0 Å². The predicted molar refractivity (Wildman–Crippen MR) is 84.0 cm³/mol. The molecule has 0 amide bonds. The van der Waals surface area contributed by atoms with Crippen LogP contribution in [0.2, 0.25) is 0 Å². The van der Waals surface area contributed by atoms with Gasteiger partial charge in [-0.05, 0) is 43.2 Å². The smallest absolute Gasteiger partial charge is 0.119 e. The van der Waals surface area contributed by atoms with E-state index in [9.17, 15) is 0 Å². The fourth-order valence-electron chi connectivity index (χ4n) is 2.38. The van der Waals surface area contributed by atoms with Crippen molar-refractivity contribution in [3.8, 4) is 5.75 Å². The molecule has 1 aliphatic carbocycles. The molecule has 1 saturated carbocycles. The van der Waals surface area contributed by atoms with Crippen molar-refractivity contribution in [3.63, 3.8) is 0 Å². The Morgan fingerprint density at radius 1 is 1.26 bits per heavy atom. The van der Waals surface area contributed by atoms with Gasteiger partial charge in [-0.2, -0.15) is 11.8 Å². The van der Waals surface area contributed by atoms with Crippen molar-refractivity contribution >= 4 is 11.8 Å². The first-order chi connectivity index (χ1) is 9.28. The summed E-state index contributed by atoms with van der Waals surface area (Å²) in [6, 6.07) is 8.45. The van der Waals surface area contributed by atoms with Gasteiger partial charge in [0.15, 0.2) is 0 Å². The molecule has 1 N–H and O–H groups in total. The van der Waals surface area contributed by atoms with Crippen LogP contribution in [0.1, 0.15) is 38.2 Å². The van der Waals surface area contributed by atoms with Crippen molar-refractivity contribution < 1.29 is 4.74 Å². The standard InChI is InChI=1S/C16H25NOS/c1-3-11-18-15-7-5-14(6-8-15)12-17-13-16(19-2)9-4-10-16/h5-8,17H,3-4,9-13H2,1-2H3. The maximum atomic E-state index is 5.59. The molecule has 3 heteroatoms. The lowest BCUT2D eigenvalue weighted by atomic mass is 9.84. The van der Waals surface area contributed by atoms with Crippen LogP contribution < -0.4 is 10.1 Å². The number of hydrogen-bond donors (Lipinski definition) is 1. The molecule has 0 saturated heterocycles. The molecule has 19 heavy (non-hydrogen) atoms. The SMILES string of the molecule is CCCOc1ccc(CNCC2(SC)CCC2)cc1. The molecule has 1 fully saturated rings. The highest BCUT2D eigenvalue weighted by molar-refractivity contribution is 8.00. The normalized spacial score (nSPS) is 16.9. The van der Waals surface area contributed by atoms with Crippen LogP contribution in [-0.2, 0) is 6.54 Å². The van der Waals surface area contributed by atoms with Crippen molar-refractivity contribution in [2.24, 2.45) is 0 Å². The maximum absolute atomic E-state index is 5.59. The summed E-state index contributed by atoms with van der Waals surface area (Å²) in [7, 11) is 0. The van der Waals surface area contributed by atoms with Gasteiger partial charge in [-0.15, -0.1) is 0 Å². The third-order valence-corrected chi connectivity index (χ3v) is 5.29. The van der Waals surface area contributed by atoms with Gasteiger partial charge in [0.1, 0.15) is 5.75 Å². The van der Waals surface area contributed by atoms with Gasteiger partial charge in [-0.25, -0.2) is 0 Å². The van der Waals surface area contributed by atoms with E-state index in [0.29, 0.717) is 4.75 Å². The molecule has 0 aliphatic heterocycles. The Balaban J connectivity index is 1.73. The number of thioether (sulfide) groups is 1. The van der Waals surface area contributed by atoms with Crippen molar-refractivity contribution in [1.29, 1.82) is 0 Å². The second kappa shape index (κ2) is 7.20. The average molecular weight is 279 g/mol. The molecule has 0 spiro atoms. The lowest BCUT2D eigenvalue weighted by Crippen LogP contribution is -2.43. The largest absolute Gasteiger partial charge is 0.494 e. The Hall–Kier alpha value is -0.670. The minimum atomic E-state index is 0.518. The molecule has 2 nitrogen and oxygen atoms in total. The number of ether oxygens (including phenoxy) is 1. The van der Waals surface area contributed by atoms with Crippen LogP contribution in [-0.4, -0.2) is 24.2 Å². The van der Waals surface area contributed by atoms with E-state index in [1.165, 1.54) is 24.8 Å². The zero-order chi connectivity index (χ0) is 13.6. The van der Waals surface area contributed by atoms with Gasteiger partial charge in [0.05, 0.1) is 6.61 Å². The molecule has 0 aromatic heterocycles. The Labute approximate surface area is 121 Å². The molecule has 1 aromatic carbocycles. The molecule has 1 aromatic rings. The summed E-state index contributed by atoms with van der Waals surface area (Å²) >= 11 is 2.02. The summed E-state index contributed by atoms with van der Waals surface area (Å²) in [5, 5.41) is 3.60. The molecule has 0 heterocycles. The lowest BCUT2D eigenvalue weighted by molar-refractivity contribution is 0.317. The van der Waals surface area contributed by atoms with Crippen LogP contribution >= 0.6 is 11.8 Å². The lowest BCUT2D eigenvalue weighted by Gasteiger charge is -2.40. The van der Waals surface area contributed by atoms with Crippen LogP contribution in [0.15, 0.2) is 24.3 Å². The average Bonchev–Trinajstić information content (AvgIpc) is 2.41. The first kappa shape index (κ1) is 14.7. The summed E-state index contributed by atoms with van der Waals surface area (Å²) in [5.41, 5.74) is 1.33.